The first-order valence-electron chi connectivity index (χ1n) is 8.75. The van der Waals surface area contributed by atoms with Gasteiger partial charge in [0.15, 0.2) is 0 Å². The van der Waals surface area contributed by atoms with Crippen LogP contribution in [0, 0.1) is 5.82 Å². The molecule has 0 radical (unpaired) electrons. The fourth-order valence-corrected chi connectivity index (χ4v) is 4.58. The van der Waals surface area contributed by atoms with Crippen LogP contribution in [0.3, 0.4) is 0 Å². The van der Waals surface area contributed by atoms with E-state index in [0.717, 1.165) is 11.1 Å². The van der Waals surface area contributed by atoms with Crippen molar-refractivity contribution in [3.05, 3.63) is 71.5 Å². The van der Waals surface area contributed by atoms with E-state index in [1.165, 1.54) is 20.7 Å². The third-order valence-electron chi connectivity index (χ3n) is 4.39. The standard InChI is InChI=1S/C19H22FN3O3S/c20-18-9-7-16(8-10-18)13-21-19(24)15-23-12-4-11-22(27(23,25)26)14-17-5-2-1-3-6-17/h1-3,5-10H,4,11-15H2,(H,21,24). The lowest BCUT2D eigenvalue weighted by Crippen LogP contribution is -2.52. The van der Waals surface area contributed by atoms with Crippen molar-refractivity contribution in [1.82, 2.24) is 13.9 Å². The van der Waals surface area contributed by atoms with Crippen LogP contribution in [-0.2, 0) is 28.1 Å². The summed E-state index contributed by atoms with van der Waals surface area (Å²) in [6.07, 6.45) is 0.664. The number of amides is 1. The van der Waals surface area contributed by atoms with Crippen LogP contribution in [0.1, 0.15) is 17.5 Å². The molecule has 0 aliphatic carbocycles. The van der Waals surface area contributed by atoms with Crippen LogP contribution in [0.25, 0.3) is 0 Å². The van der Waals surface area contributed by atoms with Gasteiger partial charge < -0.3 is 5.32 Å². The lowest BCUT2D eigenvalue weighted by molar-refractivity contribution is -0.121. The van der Waals surface area contributed by atoms with Crippen molar-refractivity contribution >= 4 is 16.1 Å². The number of benzene rings is 2. The van der Waals surface area contributed by atoms with E-state index in [1.54, 1.807) is 12.1 Å². The Morgan fingerprint density at radius 3 is 2.33 bits per heavy atom. The third kappa shape index (κ3) is 5.12. The molecule has 1 aliphatic rings. The van der Waals surface area contributed by atoms with E-state index >= 15 is 0 Å². The molecule has 0 spiro atoms. The maximum absolute atomic E-state index is 12.9. The van der Waals surface area contributed by atoms with Gasteiger partial charge in [0, 0.05) is 26.2 Å². The lowest BCUT2D eigenvalue weighted by Gasteiger charge is -2.34. The van der Waals surface area contributed by atoms with Crippen molar-refractivity contribution in [3.8, 4) is 0 Å². The first-order valence-corrected chi connectivity index (χ1v) is 10.1. The summed E-state index contributed by atoms with van der Waals surface area (Å²) in [5.41, 5.74) is 1.65. The smallest absolute Gasteiger partial charge is 0.282 e. The highest BCUT2D eigenvalue weighted by atomic mass is 32.2. The van der Waals surface area contributed by atoms with E-state index in [4.69, 9.17) is 0 Å². The van der Waals surface area contributed by atoms with E-state index in [1.807, 2.05) is 30.3 Å². The van der Waals surface area contributed by atoms with Crippen molar-refractivity contribution in [1.29, 1.82) is 0 Å². The Hall–Kier alpha value is -2.29. The number of hydrogen-bond acceptors (Lipinski definition) is 3. The SMILES string of the molecule is O=C(CN1CCCN(Cc2ccccc2)S1(=O)=O)NCc1ccc(F)cc1. The van der Waals surface area contributed by atoms with Crippen molar-refractivity contribution in [3.63, 3.8) is 0 Å². The zero-order valence-electron chi connectivity index (χ0n) is 14.8. The van der Waals surface area contributed by atoms with E-state index in [-0.39, 0.29) is 31.4 Å². The Kier molecular flexibility index (Phi) is 6.20. The molecule has 6 nitrogen and oxygen atoms in total. The maximum atomic E-state index is 12.9. The molecular formula is C19H22FN3O3S. The zero-order valence-corrected chi connectivity index (χ0v) is 15.7. The molecule has 8 heteroatoms. The Morgan fingerprint density at radius 2 is 1.63 bits per heavy atom. The number of nitrogens with zero attached hydrogens (tertiary/aromatic N) is 2. The van der Waals surface area contributed by atoms with Crippen LogP contribution in [0.2, 0.25) is 0 Å². The average Bonchev–Trinajstić information content (AvgIpc) is 2.65. The Balaban J connectivity index is 1.58. The Labute approximate surface area is 158 Å². The minimum Gasteiger partial charge on any atom is -0.351 e. The summed E-state index contributed by atoms with van der Waals surface area (Å²) in [5, 5.41) is 2.68. The van der Waals surface area contributed by atoms with Gasteiger partial charge in [0.2, 0.25) is 5.91 Å². The molecule has 27 heavy (non-hydrogen) atoms. The molecule has 1 amide bonds. The summed E-state index contributed by atoms with van der Waals surface area (Å²) in [7, 11) is -3.69. The second kappa shape index (κ2) is 8.60. The maximum Gasteiger partial charge on any atom is 0.282 e. The van der Waals surface area contributed by atoms with Gasteiger partial charge in [-0.15, -0.1) is 0 Å². The lowest BCUT2D eigenvalue weighted by atomic mass is 10.2. The van der Waals surface area contributed by atoms with Gasteiger partial charge in [-0.25, -0.2) is 4.39 Å². The zero-order chi connectivity index (χ0) is 19.3. The van der Waals surface area contributed by atoms with Crippen molar-refractivity contribution in [2.45, 2.75) is 19.5 Å². The summed E-state index contributed by atoms with van der Waals surface area (Å²) >= 11 is 0. The predicted octanol–water partition coefficient (Wildman–Crippen LogP) is 1.89. The molecule has 1 fully saturated rings. The quantitative estimate of drug-likeness (QED) is 0.818. The number of hydrogen-bond donors (Lipinski definition) is 1. The Morgan fingerprint density at radius 1 is 0.963 bits per heavy atom. The highest BCUT2D eigenvalue weighted by Crippen LogP contribution is 2.19. The van der Waals surface area contributed by atoms with E-state index < -0.39 is 10.2 Å². The molecule has 2 aromatic carbocycles. The molecule has 0 aromatic heterocycles. The summed E-state index contributed by atoms with van der Waals surface area (Å²) < 4.78 is 41.1. The normalized spacial score (nSPS) is 17.5. The third-order valence-corrected chi connectivity index (χ3v) is 6.32. The van der Waals surface area contributed by atoms with E-state index in [0.29, 0.717) is 19.5 Å². The van der Waals surface area contributed by atoms with Gasteiger partial charge in [-0.05, 0) is 29.7 Å². The molecule has 0 saturated carbocycles. The largest absolute Gasteiger partial charge is 0.351 e. The average molecular weight is 391 g/mol. The molecule has 3 rings (SSSR count). The van der Waals surface area contributed by atoms with E-state index in [9.17, 15) is 17.6 Å². The van der Waals surface area contributed by atoms with Gasteiger partial charge in [-0.3, -0.25) is 4.79 Å². The number of halogens is 1. The molecule has 0 bridgehead atoms. The number of rotatable bonds is 6. The number of carbonyl (C=O) groups is 1. The molecule has 2 aromatic rings. The van der Waals surface area contributed by atoms with Crippen molar-refractivity contribution in [2.24, 2.45) is 0 Å². The first kappa shape index (κ1) is 19.5. The molecule has 144 valence electrons. The van der Waals surface area contributed by atoms with Gasteiger partial charge in [-0.2, -0.15) is 17.0 Å². The van der Waals surface area contributed by atoms with Crippen LogP contribution in [0.15, 0.2) is 54.6 Å². The first-order chi connectivity index (χ1) is 12.9. The minimum atomic E-state index is -3.69. The monoisotopic (exact) mass is 391 g/mol. The summed E-state index contributed by atoms with van der Waals surface area (Å²) in [4.78, 5) is 12.2. The van der Waals surface area contributed by atoms with Crippen LogP contribution in [0.5, 0.6) is 0 Å². The summed E-state index contributed by atoms with van der Waals surface area (Å²) in [5.74, 6) is -0.729. The summed E-state index contributed by atoms with van der Waals surface area (Å²) in [6.45, 7) is 1.04. The molecule has 1 saturated heterocycles. The fraction of sp³-hybridized carbons (Fsp3) is 0.316. The van der Waals surface area contributed by atoms with E-state index in [2.05, 4.69) is 5.32 Å². The van der Waals surface area contributed by atoms with Gasteiger partial charge >= 0.3 is 0 Å². The molecule has 1 heterocycles. The van der Waals surface area contributed by atoms with Crippen LogP contribution >= 0.6 is 0 Å². The molecule has 0 unspecified atom stereocenters. The second-order valence-corrected chi connectivity index (χ2v) is 8.35. The van der Waals surface area contributed by atoms with Crippen LogP contribution in [-0.4, -0.2) is 42.6 Å². The highest BCUT2D eigenvalue weighted by molar-refractivity contribution is 7.86. The predicted molar refractivity (Wildman–Crippen MR) is 100 cm³/mol. The number of carbonyl (C=O) groups excluding carboxylic acids is 1. The fourth-order valence-electron chi connectivity index (χ4n) is 2.94. The second-order valence-electron chi connectivity index (χ2n) is 6.42. The minimum absolute atomic E-state index is 0.223. The molecule has 0 atom stereocenters. The summed E-state index contributed by atoms with van der Waals surface area (Å²) in [6, 6.07) is 15.2. The Bertz CT molecular complexity index is 873. The highest BCUT2D eigenvalue weighted by Gasteiger charge is 2.34. The van der Waals surface area contributed by atoms with Crippen LogP contribution < -0.4 is 5.32 Å². The van der Waals surface area contributed by atoms with Gasteiger partial charge in [0.1, 0.15) is 5.82 Å². The van der Waals surface area contributed by atoms with Crippen molar-refractivity contribution in [2.75, 3.05) is 19.6 Å². The molecule has 1 aliphatic heterocycles. The van der Waals surface area contributed by atoms with Crippen molar-refractivity contribution < 1.29 is 17.6 Å². The molecular weight excluding hydrogens is 369 g/mol. The molecule has 1 N–H and O–H groups in total. The van der Waals surface area contributed by atoms with Gasteiger partial charge in [-0.1, -0.05) is 42.5 Å². The number of nitrogens with one attached hydrogen (secondary N) is 1. The van der Waals surface area contributed by atoms with Crippen LogP contribution in [0.4, 0.5) is 4.39 Å². The van der Waals surface area contributed by atoms with Gasteiger partial charge in [0.05, 0.1) is 6.54 Å². The van der Waals surface area contributed by atoms with Gasteiger partial charge in [0.25, 0.3) is 10.2 Å². The topological polar surface area (TPSA) is 69.7 Å².